The second kappa shape index (κ2) is 10.2. The lowest BCUT2D eigenvalue weighted by atomic mass is 9.94. The molecule has 0 saturated carbocycles. The van der Waals surface area contributed by atoms with Crippen molar-refractivity contribution < 1.29 is 14.3 Å². The maximum atomic E-state index is 13.1. The van der Waals surface area contributed by atoms with Gasteiger partial charge in [0.25, 0.3) is 5.91 Å². The SMILES string of the molecule is O=C(NC(CN1CCOCC1)c1ccccc1)C1CCN(C(=O)c2cccs2)CC1. The summed E-state index contributed by atoms with van der Waals surface area (Å²) in [7, 11) is 0. The van der Waals surface area contributed by atoms with Gasteiger partial charge in [-0.05, 0) is 29.9 Å². The summed E-state index contributed by atoms with van der Waals surface area (Å²) in [5.74, 6) is 0.131. The molecule has 2 amide bonds. The number of nitrogens with zero attached hydrogens (tertiary/aromatic N) is 2. The highest BCUT2D eigenvalue weighted by Gasteiger charge is 2.30. The highest BCUT2D eigenvalue weighted by Crippen LogP contribution is 2.23. The minimum atomic E-state index is -0.0479. The van der Waals surface area contributed by atoms with Crippen LogP contribution in [-0.4, -0.2) is 67.6 Å². The number of thiophene rings is 1. The van der Waals surface area contributed by atoms with E-state index in [1.165, 1.54) is 11.3 Å². The van der Waals surface area contributed by atoms with Crippen molar-refractivity contribution >= 4 is 23.2 Å². The van der Waals surface area contributed by atoms with Crippen LogP contribution in [-0.2, 0) is 9.53 Å². The zero-order valence-electron chi connectivity index (χ0n) is 17.2. The molecule has 2 aromatic rings. The average molecular weight is 428 g/mol. The van der Waals surface area contributed by atoms with Gasteiger partial charge in [0.15, 0.2) is 0 Å². The molecule has 0 bridgehead atoms. The zero-order valence-corrected chi connectivity index (χ0v) is 18.0. The molecule has 2 aliphatic heterocycles. The summed E-state index contributed by atoms with van der Waals surface area (Å²) >= 11 is 1.47. The van der Waals surface area contributed by atoms with E-state index in [4.69, 9.17) is 4.74 Å². The Morgan fingerprint density at radius 3 is 2.43 bits per heavy atom. The van der Waals surface area contributed by atoms with Crippen molar-refractivity contribution in [3.8, 4) is 0 Å². The van der Waals surface area contributed by atoms with Gasteiger partial charge in [0.2, 0.25) is 5.91 Å². The van der Waals surface area contributed by atoms with Crippen molar-refractivity contribution in [2.24, 2.45) is 5.92 Å². The topological polar surface area (TPSA) is 61.9 Å². The van der Waals surface area contributed by atoms with Gasteiger partial charge in [0.1, 0.15) is 0 Å². The molecule has 1 aromatic carbocycles. The highest BCUT2D eigenvalue weighted by molar-refractivity contribution is 7.12. The van der Waals surface area contributed by atoms with E-state index in [1.807, 2.05) is 40.6 Å². The van der Waals surface area contributed by atoms with Crippen molar-refractivity contribution in [3.63, 3.8) is 0 Å². The first-order valence-corrected chi connectivity index (χ1v) is 11.6. The molecule has 6 nitrogen and oxygen atoms in total. The number of benzene rings is 1. The Balaban J connectivity index is 1.35. The molecule has 30 heavy (non-hydrogen) atoms. The highest BCUT2D eigenvalue weighted by atomic mass is 32.1. The van der Waals surface area contributed by atoms with Gasteiger partial charge < -0.3 is 15.0 Å². The second-order valence-electron chi connectivity index (χ2n) is 7.93. The van der Waals surface area contributed by atoms with Crippen LogP contribution in [0.2, 0.25) is 0 Å². The summed E-state index contributed by atoms with van der Waals surface area (Å²) < 4.78 is 5.46. The van der Waals surface area contributed by atoms with Crippen LogP contribution >= 0.6 is 11.3 Å². The van der Waals surface area contributed by atoms with Gasteiger partial charge in [-0.3, -0.25) is 14.5 Å². The number of piperidine rings is 1. The minimum absolute atomic E-state index is 0.0393. The van der Waals surface area contributed by atoms with E-state index >= 15 is 0 Å². The number of morpholine rings is 1. The standard InChI is InChI=1S/C23H29N3O3S/c27-22(19-8-10-26(11-9-19)23(28)21-7-4-16-30-21)24-20(18-5-2-1-3-6-18)17-25-12-14-29-15-13-25/h1-7,16,19-20H,8-15,17H2,(H,24,27). The maximum absolute atomic E-state index is 13.1. The molecule has 0 radical (unpaired) electrons. The first-order valence-electron chi connectivity index (χ1n) is 10.7. The fourth-order valence-corrected chi connectivity index (χ4v) is 4.84. The number of hydrogen-bond donors (Lipinski definition) is 1. The number of ether oxygens (including phenoxy) is 1. The predicted octanol–water partition coefficient (Wildman–Crippen LogP) is 2.79. The molecule has 7 heteroatoms. The molecule has 1 unspecified atom stereocenters. The fourth-order valence-electron chi connectivity index (χ4n) is 4.15. The van der Waals surface area contributed by atoms with E-state index in [2.05, 4.69) is 22.3 Å². The molecule has 1 aromatic heterocycles. The number of hydrogen-bond acceptors (Lipinski definition) is 5. The van der Waals surface area contributed by atoms with Gasteiger partial charge in [0.05, 0.1) is 24.1 Å². The quantitative estimate of drug-likeness (QED) is 0.770. The van der Waals surface area contributed by atoms with Crippen molar-refractivity contribution in [2.45, 2.75) is 18.9 Å². The molecule has 4 rings (SSSR count). The number of amides is 2. The van der Waals surface area contributed by atoms with E-state index < -0.39 is 0 Å². The van der Waals surface area contributed by atoms with Crippen molar-refractivity contribution in [1.29, 1.82) is 0 Å². The molecule has 0 spiro atoms. The van der Waals surface area contributed by atoms with Gasteiger partial charge >= 0.3 is 0 Å². The van der Waals surface area contributed by atoms with Crippen LogP contribution in [0.4, 0.5) is 0 Å². The molecule has 1 atom stereocenters. The van der Waals surface area contributed by atoms with Gasteiger partial charge in [-0.25, -0.2) is 0 Å². The summed E-state index contributed by atoms with van der Waals surface area (Å²) in [6.07, 6.45) is 1.42. The van der Waals surface area contributed by atoms with E-state index in [9.17, 15) is 9.59 Å². The van der Waals surface area contributed by atoms with Gasteiger partial charge in [0, 0.05) is 38.6 Å². The van der Waals surface area contributed by atoms with E-state index in [1.54, 1.807) is 0 Å². The third-order valence-electron chi connectivity index (χ3n) is 5.95. The Morgan fingerprint density at radius 2 is 1.77 bits per heavy atom. The van der Waals surface area contributed by atoms with E-state index in [0.29, 0.717) is 25.9 Å². The fraction of sp³-hybridized carbons (Fsp3) is 0.478. The average Bonchev–Trinajstić information content (AvgIpc) is 3.34. The van der Waals surface area contributed by atoms with Crippen molar-refractivity contribution in [3.05, 3.63) is 58.3 Å². The Hall–Kier alpha value is -2.22. The van der Waals surface area contributed by atoms with Crippen LogP contribution in [0.25, 0.3) is 0 Å². The van der Waals surface area contributed by atoms with Crippen LogP contribution in [0, 0.1) is 5.92 Å². The number of rotatable bonds is 6. The van der Waals surface area contributed by atoms with Crippen LogP contribution in [0.5, 0.6) is 0 Å². The Kier molecular flexibility index (Phi) is 7.15. The van der Waals surface area contributed by atoms with Crippen LogP contribution < -0.4 is 5.32 Å². The largest absolute Gasteiger partial charge is 0.379 e. The molecule has 1 N–H and O–H groups in total. The number of likely N-dealkylation sites (tertiary alicyclic amines) is 1. The minimum Gasteiger partial charge on any atom is -0.379 e. The lowest BCUT2D eigenvalue weighted by molar-refractivity contribution is -0.127. The maximum Gasteiger partial charge on any atom is 0.263 e. The van der Waals surface area contributed by atoms with Crippen LogP contribution in [0.15, 0.2) is 47.8 Å². The molecule has 2 fully saturated rings. The number of carbonyl (C=O) groups is 2. The lowest BCUT2D eigenvalue weighted by Crippen LogP contribution is -2.46. The van der Waals surface area contributed by atoms with Crippen molar-refractivity contribution in [1.82, 2.24) is 15.1 Å². The normalized spacial score (nSPS) is 19.4. The first-order chi connectivity index (χ1) is 14.7. The molecule has 2 saturated heterocycles. The molecule has 2 aliphatic rings. The monoisotopic (exact) mass is 427 g/mol. The Bertz CT molecular complexity index is 813. The molecule has 3 heterocycles. The van der Waals surface area contributed by atoms with Gasteiger partial charge in [-0.2, -0.15) is 0 Å². The predicted molar refractivity (Wildman–Crippen MR) is 118 cm³/mol. The number of carbonyl (C=O) groups excluding carboxylic acids is 2. The molecular formula is C23H29N3O3S. The summed E-state index contributed by atoms with van der Waals surface area (Å²) in [5, 5.41) is 5.22. The van der Waals surface area contributed by atoms with E-state index in [-0.39, 0.29) is 23.8 Å². The first kappa shape index (κ1) is 21.0. The molecular weight excluding hydrogens is 398 g/mol. The zero-order chi connectivity index (χ0) is 20.8. The van der Waals surface area contributed by atoms with Crippen molar-refractivity contribution in [2.75, 3.05) is 45.9 Å². The van der Waals surface area contributed by atoms with Crippen LogP contribution in [0.1, 0.15) is 34.1 Å². The van der Waals surface area contributed by atoms with Gasteiger partial charge in [-0.15, -0.1) is 11.3 Å². The smallest absolute Gasteiger partial charge is 0.263 e. The molecule has 0 aliphatic carbocycles. The summed E-state index contributed by atoms with van der Waals surface area (Å²) in [6, 6.07) is 13.9. The van der Waals surface area contributed by atoms with E-state index in [0.717, 1.165) is 43.3 Å². The number of nitrogens with one attached hydrogen (secondary N) is 1. The third-order valence-corrected chi connectivity index (χ3v) is 6.81. The summed E-state index contributed by atoms with van der Waals surface area (Å²) in [6.45, 7) is 5.32. The lowest BCUT2D eigenvalue weighted by Gasteiger charge is -2.34. The molecule has 160 valence electrons. The summed E-state index contributed by atoms with van der Waals surface area (Å²) in [4.78, 5) is 30.6. The Labute approximate surface area is 181 Å². The van der Waals surface area contributed by atoms with Gasteiger partial charge in [-0.1, -0.05) is 36.4 Å². The third kappa shape index (κ3) is 5.28. The Morgan fingerprint density at radius 1 is 1.03 bits per heavy atom. The second-order valence-corrected chi connectivity index (χ2v) is 8.88. The van der Waals surface area contributed by atoms with Crippen LogP contribution in [0.3, 0.4) is 0 Å². The summed E-state index contributed by atoms with van der Waals surface area (Å²) in [5.41, 5.74) is 1.13.